The van der Waals surface area contributed by atoms with Crippen molar-refractivity contribution in [2.24, 2.45) is 0 Å². The lowest BCUT2D eigenvalue weighted by Crippen LogP contribution is -2.35. The number of nitrogens with one attached hydrogen (secondary N) is 1. The van der Waals surface area contributed by atoms with Crippen LogP contribution < -0.4 is 10.1 Å². The fourth-order valence-corrected chi connectivity index (χ4v) is 3.53. The van der Waals surface area contributed by atoms with Crippen molar-refractivity contribution >= 4 is 11.6 Å². The second kappa shape index (κ2) is 10.1. The van der Waals surface area contributed by atoms with E-state index in [4.69, 9.17) is 9.47 Å². The number of hydrogen-bond donors (Lipinski definition) is 1. The average Bonchev–Trinajstić information content (AvgIpc) is 2.82. The van der Waals surface area contributed by atoms with Gasteiger partial charge in [-0.15, -0.1) is 0 Å². The number of carbonyl (C=O) groups excluding carboxylic acids is 1. The minimum absolute atomic E-state index is 0.165. The van der Waals surface area contributed by atoms with Crippen molar-refractivity contribution in [1.82, 2.24) is 9.88 Å². The molecule has 0 atom stereocenters. The quantitative estimate of drug-likeness (QED) is 0.635. The van der Waals surface area contributed by atoms with Crippen molar-refractivity contribution in [3.05, 3.63) is 83.0 Å². The van der Waals surface area contributed by atoms with Crippen molar-refractivity contribution in [1.29, 1.82) is 5.26 Å². The maximum absolute atomic E-state index is 12.8. The number of nitriles is 1. The molecule has 1 N–H and O–H groups in total. The van der Waals surface area contributed by atoms with Gasteiger partial charge < -0.3 is 14.8 Å². The molecule has 32 heavy (non-hydrogen) atoms. The van der Waals surface area contributed by atoms with Crippen LogP contribution in [0.1, 0.15) is 27.0 Å². The van der Waals surface area contributed by atoms with Gasteiger partial charge in [-0.1, -0.05) is 12.1 Å². The van der Waals surface area contributed by atoms with Crippen LogP contribution in [0.4, 0.5) is 5.69 Å². The first-order chi connectivity index (χ1) is 15.6. The molecule has 2 aromatic carbocycles. The fourth-order valence-electron chi connectivity index (χ4n) is 3.53. The second-order valence-electron chi connectivity index (χ2n) is 7.59. The number of amides is 1. The summed E-state index contributed by atoms with van der Waals surface area (Å²) in [5.74, 6) is 0.633. The summed E-state index contributed by atoms with van der Waals surface area (Å²) in [5.41, 5.74) is 3.61. The van der Waals surface area contributed by atoms with Crippen molar-refractivity contribution in [2.45, 2.75) is 13.5 Å². The Hall–Kier alpha value is -3.73. The minimum atomic E-state index is -0.165. The highest BCUT2D eigenvalue weighted by molar-refractivity contribution is 6.04. The molecule has 7 heteroatoms. The molecule has 0 spiro atoms. The Morgan fingerprint density at radius 1 is 1.19 bits per heavy atom. The molecule has 1 aromatic heterocycles. The largest absolute Gasteiger partial charge is 0.438 e. The normalized spacial score (nSPS) is 13.9. The maximum Gasteiger partial charge on any atom is 0.255 e. The van der Waals surface area contributed by atoms with Gasteiger partial charge in [0, 0.05) is 37.1 Å². The van der Waals surface area contributed by atoms with Crippen LogP contribution in [0.25, 0.3) is 0 Å². The Labute approximate surface area is 187 Å². The summed E-state index contributed by atoms with van der Waals surface area (Å²) < 4.78 is 11.2. The number of carbonyl (C=O) groups is 1. The van der Waals surface area contributed by atoms with Crippen LogP contribution in [0.15, 0.2) is 60.8 Å². The lowest BCUT2D eigenvalue weighted by atomic mass is 10.1. The number of hydrogen-bond acceptors (Lipinski definition) is 6. The maximum atomic E-state index is 12.8. The van der Waals surface area contributed by atoms with Crippen LogP contribution in [-0.2, 0) is 11.3 Å². The van der Waals surface area contributed by atoms with Gasteiger partial charge in [-0.2, -0.15) is 5.26 Å². The molecular weight excluding hydrogens is 404 g/mol. The van der Waals surface area contributed by atoms with Gasteiger partial charge in [0.05, 0.1) is 13.2 Å². The molecule has 4 rings (SSSR count). The topological polar surface area (TPSA) is 87.5 Å². The highest BCUT2D eigenvalue weighted by Crippen LogP contribution is 2.27. The van der Waals surface area contributed by atoms with Gasteiger partial charge in [0.15, 0.2) is 0 Å². The number of aryl methyl sites for hydroxylation is 1. The summed E-state index contributed by atoms with van der Waals surface area (Å²) in [6.45, 7) is 5.99. The molecule has 0 unspecified atom stereocenters. The predicted octanol–water partition coefficient (Wildman–Crippen LogP) is 4.14. The summed E-state index contributed by atoms with van der Waals surface area (Å²) in [6, 6.07) is 18.4. The third kappa shape index (κ3) is 5.30. The lowest BCUT2D eigenvalue weighted by Gasteiger charge is -2.26. The lowest BCUT2D eigenvalue weighted by molar-refractivity contribution is 0.0342. The molecule has 162 valence electrons. The molecule has 2 heterocycles. The third-order valence-corrected chi connectivity index (χ3v) is 5.25. The van der Waals surface area contributed by atoms with E-state index < -0.39 is 0 Å². The van der Waals surface area contributed by atoms with E-state index >= 15 is 0 Å². The molecule has 3 aromatic rings. The van der Waals surface area contributed by atoms with E-state index in [1.807, 2.05) is 31.2 Å². The molecular formula is C25H24N4O3. The summed E-state index contributed by atoms with van der Waals surface area (Å²) in [6.07, 6.45) is 1.57. The van der Waals surface area contributed by atoms with Crippen LogP contribution >= 0.6 is 0 Å². The zero-order valence-electron chi connectivity index (χ0n) is 17.9. The Balaban J connectivity index is 1.43. The van der Waals surface area contributed by atoms with Crippen LogP contribution in [-0.4, -0.2) is 42.1 Å². The van der Waals surface area contributed by atoms with Crippen molar-refractivity contribution in [3.63, 3.8) is 0 Å². The van der Waals surface area contributed by atoms with E-state index in [2.05, 4.69) is 21.3 Å². The Morgan fingerprint density at radius 2 is 2.03 bits per heavy atom. The third-order valence-electron chi connectivity index (χ3n) is 5.25. The summed E-state index contributed by atoms with van der Waals surface area (Å²) >= 11 is 0. The minimum Gasteiger partial charge on any atom is -0.438 e. The molecule has 1 amide bonds. The smallest absolute Gasteiger partial charge is 0.255 e. The van der Waals surface area contributed by atoms with Crippen LogP contribution in [0.3, 0.4) is 0 Å². The Morgan fingerprint density at radius 3 is 2.81 bits per heavy atom. The van der Waals surface area contributed by atoms with Crippen LogP contribution in [0.2, 0.25) is 0 Å². The predicted molar refractivity (Wildman–Crippen MR) is 121 cm³/mol. The number of anilines is 1. The summed E-state index contributed by atoms with van der Waals surface area (Å²) in [4.78, 5) is 19.3. The van der Waals surface area contributed by atoms with E-state index in [0.717, 1.165) is 44.0 Å². The van der Waals surface area contributed by atoms with Gasteiger partial charge in [-0.3, -0.25) is 9.69 Å². The number of aromatic nitrogens is 1. The van der Waals surface area contributed by atoms with E-state index in [0.29, 0.717) is 22.6 Å². The first-order valence-corrected chi connectivity index (χ1v) is 10.5. The molecule has 7 nitrogen and oxygen atoms in total. The van der Waals surface area contributed by atoms with E-state index in [-0.39, 0.29) is 11.8 Å². The van der Waals surface area contributed by atoms with Gasteiger partial charge in [0.1, 0.15) is 17.4 Å². The van der Waals surface area contributed by atoms with Gasteiger partial charge >= 0.3 is 0 Å². The summed E-state index contributed by atoms with van der Waals surface area (Å²) in [7, 11) is 0. The first kappa shape index (κ1) is 21.5. The average molecular weight is 428 g/mol. The van der Waals surface area contributed by atoms with Crippen molar-refractivity contribution < 1.29 is 14.3 Å². The monoisotopic (exact) mass is 428 g/mol. The van der Waals surface area contributed by atoms with E-state index in [1.165, 1.54) is 0 Å². The zero-order chi connectivity index (χ0) is 22.3. The number of morpholine rings is 1. The van der Waals surface area contributed by atoms with E-state index in [9.17, 15) is 10.1 Å². The van der Waals surface area contributed by atoms with Crippen LogP contribution in [0.5, 0.6) is 11.6 Å². The molecule has 0 radical (unpaired) electrons. The zero-order valence-corrected chi connectivity index (χ0v) is 17.9. The SMILES string of the molecule is Cc1cc(Oc2ncccc2C#N)ccc1NC(=O)c1cccc(CN2CCOCC2)c1. The van der Waals surface area contributed by atoms with Crippen molar-refractivity contribution in [3.8, 4) is 17.7 Å². The van der Waals surface area contributed by atoms with Crippen molar-refractivity contribution in [2.75, 3.05) is 31.6 Å². The standard InChI is InChI=1S/C25H24N4O3/c1-18-14-22(32-25-21(16-26)6-3-9-27-25)7-8-23(18)28-24(30)20-5-2-4-19(15-20)17-29-10-12-31-13-11-29/h2-9,14-15H,10-13,17H2,1H3,(H,28,30). The highest BCUT2D eigenvalue weighted by Gasteiger charge is 2.13. The second-order valence-corrected chi connectivity index (χ2v) is 7.59. The Kier molecular flexibility index (Phi) is 6.75. The summed E-state index contributed by atoms with van der Waals surface area (Å²) in [5, 5.41) is 12.2. The van der Waals surface area contributed by atoms with Gasteiger partial charge in [0.2, 0.25) is 5.88 Å². The van der Waals surface area contributed by atoms with Gasteiger partial charge in [0.25, 0.3) is 5.91 Å². The first-order valence-electron chi connectivity index (χ1n) is 10.5. The molecule has 0 aliphatic carbocycles. The highest BCUT2D eigenvalue weighted by atomic mass is 16.5. The molecule has 0 bridgehead atoms. The molecule has 1 aliphatic heterocycles. The number of pyridine rings is 1. The van der Waals surface area contributed by atoms with Crippen LogP contribution in [0, 0.1) is 18.3 Å². The Bertz CT molecular complexity index is 1150. The molecule has 0 saturated carbocycles. The van der Waals surface area contributed by atoms with E-state index in [1.54, 1.807) is 36.5 Å². The number of nitrogens with zero attached hydrogens (tertiary/aromatic N) is 3. The number of ether oxygens (including phenoxy) is 2. The molecule has 1 fully saturated rings. The number of benzene rings is 2. The molecule has 1 aliphatic rings. The fraction of sp³-hybridized carbons (Fsp3) is 0.240. The van der Waals surface area contributed by atoms with Gasteiger partial charge in [-0.25, -0.2) is 4.98 Å². The number of rotatable bonds is 6. The van der Waals surface area contributed by atoms with Gasteiger partial charge in [-0.05, 0) is 60.5 Å². The molecule has 1 saturated heterocycles.